The molecule has 0 unspecified atom stereocenters. The Morgan fingerprint density at radius 3 is 2.30 bits per heavy atom. The van der Waals surface area contributed by atoms with Crippen molar-refractivity contribution in [3.63, 3.8) is 0 Å². The molecule has 0 aliphatic rings. The lowest BCUT2D eigenvalue weighted by molar-refractivity contribution is 0.304. The van der Waals surface area contributed by atoms with Gasteiger partial charge in [0.2, 0.25) is 0 Å². The Hall–Kier alpha value is -3.46. The van der Waals surface area contributed by atoms with Crippen LogP contribution in [0, 0.1) is 0 Å². The highest BCUT2D eigenvalue weighted by molar-refractivity contribution is 5.88. The predicted molar refractivity (Wildman–Crippen MR) is 110 cm³/mol. The number of anilines is 1. The molecule has 0 amide bonds. The number of phenolic OH excluding ortho intramolecular Hbond substituents is 1. The molecule has 4 aromatic rings. The Morgan fingerprint density at radius 1 is 0.741 bits per heavy atom. The van der Waals surface area contributed by atoms with Gasteiger partial charge in [-0.1, -0.05) is 60.7 Å². The van der Waals surface area contributed by atoms with Gasteiger partial charge in [-0.05, 0) is 46.7 Å². The van der Waals surface area contributed by atoms with Gasteiger partial charge < -0.3 is 15.2 Å². The second-order valence-electron chi connectivity index (χ2n) is 6.44. The van der Waals surface area contributed by atoms with Crippen molar-refractivity contribution < 1.29 is 9.84 Å². The number of nitrogens with one attached hydrogen (secondary N) is 1. The topological polar surface area (TPSA) is 41.5 Å². The van der Waals surface area contributed by atoms with Crippen LogP contribution in [0.2, 0.25) is 0 Å². The molecule has 0 saturated carbocycles. The van der Waals surface area contributed by atoms with E-state index in [4.69, 9.17) is 4.74 Å². The molecule has 4 aromatic carbocycles. The van der Waals surface area contributed by atoms with Crippen LogP contribution in [0.1, 0.15) is 11.1 Å². The maximum absolute atomic E-state index is 9.46. The van der Waals surface area contributed by atoms with Crippen LogP contribution in [-0.4, -0.2) is 5.11 Å². The lowest BCUT2D eigenvalue weighted by Crippen LogP contribution is -2.04. The maximum Gasteiger partial charge on any atom is 0.125 e. The Labute approximate surface area is 158 Å². The minimum absolute atomic E-state index is 0.262. The quantitative estimate of drug-likeness (QED) is 0.434. The van der Waals surface area contributed by atoms with Crippen LogP contribution in [0.5, 0.6) is 11.5 Å². The Kier molecular flexibility index (Phi) is 4.93. The third-order valence-corrected chi connectivity index (χ3v) is 4.57. The molecule has 134 valence electrons. The summed E-state index contributed by atoms with van der Waals surface area (Å²) in [5.41, 5.74) is 3.22. The van der Waals surface area contributed by atoms with E-state index in [1.165, 1.54) is 10.8 Å². The summed E-state index contributed by atoms with van der Waals surface area (Å²) in [5.74, 6) is 1.14. The van der Waals surface area contributed by atoms with Crippen LogP contribution in [0.15, 0.2) is 91.0 Å². The average Bonchev–Trinajstić information content (AvgIpc) is 2.73. The third-order valence-electron chi connectivity index (χ3n) is 4.57. The molecule has 0 aliphatic heterocycles. The van der Waals surface area contributed by atoms with Crippen molar-refractivity contribution in [2.75, 3.05) is 5.32 Å². The number of fused-ring (bicyclic) bond motifs is 1. The molecule has 0 bridgehead atoms. The fourth-order valence-electron chi connectivity index (χ4n) is 3.14. The molecule has 0 aliphatic carbocycles. The summed E-state index contributed by atoms with van der Waals surface area (Å²) in [6, 6.07) is 29.7. The standard InChI is InChI=1S/C24H21NO2/c26-21-13-11-20(12-14-21)25-16-23-22-9-5-4-8-19(22)10-15-24(23)27-17-18-6-2-1-3-7-18/h1-15,25-26H,16-17H2. The van der Waals surface area contributed by atoms with Gasteiger partial charge in [0, 0.05) is 17.8 Å². The normalized spacial score (nSPS) is 10.7. The fourth-order valence-corrected chi connectivity index (χ4v) is 3.14. The van der Waals surface area contributed by atoms with Crippen molar-refractivity contribution in [2.45, 2.75) is 13.2 Å². The van der Waals surface area contributed by atoms with Gasteiger partial charge in [0.05, 0.1) is 0 Å². The Bertz CT molecular complexity index is 1030. The van der Waals surface area contributed by atoms with E-state index in [9.17, 15) is 5.11 Å². The van der Waals surface area contributed by atoms with Crippen molar-refractivity contribution in [1.82, 2.24) is 0 Å². The first-order valence-corrected chi connectivity index (χ1v) is 9.00. The van der Waals surface area contributed by atoms with E-state index >= 15 is 0 Å². The first-order valence-electron chi connectivity index (χ1n) is 9.00. The number of ether oxygens (including phenoxy) is 1. The van der Waals surface area contributed by atoms with E-state index in [2.05, 4.69) is 35.6 Å². The predicted octanol–water partition coefficient (Wildman–Crippen LogP) is 5.74. The number of rotatable bonds is 6. The Balaban J connectivity index is 1.61. The van der Waals surface area contributed by atoms with Crippen molar-refractivity contribution in [3.05, 3.63) is 102 Å². The highest BCUT2D eigenvalue weighted by Gasteiger charge is 2.09. The number of hydrogen-bond donors (Lipinski definition) is 2. The minimum atomic E-state index is 0.262. The van der Waals surface area contributed by atoms with Crippen LogP contribution in [0.4, 0.5) is 5.69 Å². The summed E-state index contributed by atoms with van der Waals surface area (Å²) in [6.45, 7) is 1.17. The summed E-state index contributed by atoms with van der Waals surface area (Å²) >= 11 is 0. The molecule has 27 heavy (non-hydrogen) atoms. The maximum atomic E-state index is 9.46. The third kappa shape index (κ3) is 4.04. The van der Waals surface area contributed by atoms with Gasteiger partial charge in [-0.15, -0.1) is 0 Å². The summed E-state index contributed by atoms with van der Waals surface area (Å²) in [4.78, 5) is 0. The van der Waals surface area contributed by atoms with Crippen LogP contribution < -0.4 is 10.1 Å². The molecular weight excluding hydrogens is 334 g/mol. The van der Waals surface area contributed by atoms with E-state index < -0.39 is 0 Å². The van der Waals surface area contributed by atoms with E-state index in [1.807, 2.05) is 48.5 Å². The Morgan fingerprint density at radius 2 is 1.48 bits per heavy atom. The zero-order valence-electron chi connectivity index (χ0n) is 14.9. The zero-order valence-corrected chi connectivity index (χ0v) is 14.9. The SMILES string of the molecule is Oc1ccc(NCc2c(OCc3ccccc3)ccc3ccccc23)cc1. The molecule has 2 N–H and O–H groups in total. The molecule has 3 nitrogen and oxygen atoms in total. The van der Waals surface area contributed by atoms with E-state index in [1.54, 1.807) is 12.1 Å². The second-order valence-corrected chi connectivity index (χ2v) is 6.44. The fraction of sp³-hybridized carbons (Fsp3) is 0.0833. The van der Waals surface area contributed by atoms with Gasteiger partial charge in [0.15, 0.2) is 0 Å². The largest absolute Gasteiger partial charge is 0.508 e. The number of aromatic hydroxyl groups is 1. The summed E-state index contributed by atoms with van der Waals surface area (Å²) in [6.07, 6.45) is 0. The lowest BCUT2D eigenvalue weighted by atomic mass is 10.0. The number of hydrogen-bond acceptors (Lipinski definition) is 3. The molecule has 3 heteroatoms. The molecule has 0 heterocycles. The smallest absolute Gasteiger partial charge is 0.125 e. The monoisotopic (exact) mass is 355 g/mol. The van der Waals surface area contributed by atoms with Crippen molar-refractivity contribution in [1.29, 1.82) is 0 Å². The molecule has 0 spiro atoms. The molecule has 4 rings (SSSR count). The van der Waals surface area contributed by atoms with E-state index in [0.717, 1.165) is 22.6 Å². The van der Waals surface area contributed by atoms with Crippen molar-refractivity contribution in [2.24, 2.45) is 0 Å². The van der Waals surface area contributed by atoms with Crippen molar-refractivity contribution in [3.8, 4) is 11.5 Å². The van der Waals surface area contributed by atoms with Crippen LogP contribution in [-0.2, 0) is 13.2 Å². The van der Waals surface area contributed by atoms with Crippen LogP contribution in [0.25, 0.3) is 10.8 Å². The van der Waals surface area contributed by atoms with Gasteiger partial charge in [-0.3, -0.25) is 0 Å². The van der Waals surface area contributed by atoms with Gasteiger partial charge in [0.25, 0.3) is 0 Å². The molecule has 0 saturated heterocycles. The molecule has 0 radical (unpaired) electrons. The molecule has 0 aromatic heterocycles. The first-order chi connectivity index (χ1) is 13.3. The highest BCUT2D eigenvalue weighted by Crippen LogP contribution is 2.30. The second kappa shape index (κ2) is 7.83. The highest BCUT2D eigenvalue weighted by atomic mass is 16.5. The van der Waals surface area contributed by atoms with Crippen LogP contribution in [0.3, 0.4) is 0 Å². The van der Waals surface area contributed by atoms with Gasteiger partial charge in [-0.25, -0.2) is 0 Å². The minimum Gasteiger partial charge on any atom is -0.508 e. The van der Waals surface area contributed by atoms with Crippen LogP contribution >= 0.6 is 0 Å². The molecule has 0 atom stereocenters. The van der Waals surface area contributed by atoms with E-state index in [0.29, 0.717) is 13.2 Å². The molecule has 0 fully saturated rings. The first kappa shape index (κ1) is 17.0. The van der Waals surface area contributed by atoms with Gasteiger partial charge in [-0.2, -0.15) is 0 Å². The van der Waals surface area contributed by atoms with Crippen molar-refractivity contribution >= 4 is 16.5 Å². The number of phenols is 1. The van der Waals surface area contributed by atoms with Gasteiger partial charge in [0.1, 0.15) is 18.1 Å². The zero-order chi connectivity index (χ0) is 18.5. The number of benzene rings is 4. The average molecular weight is 355 g/mol. The molecular formula is C24H21NO2. The lowest BCUT2D eigenvalue weighted by Gasteiger charge is -2.16. The van der Waals surface area contributed by atoms with Gasteiger partial charge >= 0.3 is 0 Å². The summed E-state index contributed by atoms with van der Waals surface area (Å²) < 4.78 is 6.16. The summed E-state index contributed by atoms with van der Waals surface area (Å²) in [5, 5.41) is 15.2. The summed E-state index contributed by atoms with van der Waals surface area (Å²) in [7, 11) is 0. The van der Waals surface area contributed by atoms with E-state index in [-0.39, 0.29) is 5.75 Å².